The van der Waals surface area contributed by atoms with E-state index < -0.39 is 15.8 Å². The van der Waals surface area contributed by atoms with Crippen LogP contribution in [0.25, 0.3) is 0 Å². The second-order valence-electron chi connectivity index (χ2n) is 7.10. The lowest BCUT2D eigenvalue weighted by Gasteiger charge is -2.33. The zero-order valence-corrected chi connectivity index (χ0v) is 16.7. The van der Waals surface area contributed by atoms with Gasteiger partial charge in [-0.25, -0.2) is 12.8 Å². The Morgan fingerprint density at radius 1 is 0.963 bits per heavy atom. The predicted molar refractivity (Wildman–Crippen MR) is 103 cm³/mol. The van der Waals surface area contributed by atoms with Crippen LogP contribution in [0.2, 0.25) is 0 Å². The molecular weight excluding hydrogens is 387 g/mol. The molecule has 27 heavy (non-hydrogen) atoms. The van der Waals surface area contributed by atoms with Gasteiger partial charge in [-0.1, -0.05) is 30.6 Å². The summed E-state index contributed by atoms with van der Waals surface area (Å²) in [5, 5.41) is 10.8. The van der Waals surface area contributed by atoms with Crippen molar-refractivity contribution in [2.45, 2.75) is 42.9 Å². The van der Waals surface area contributed by atoms with Crippen molar-refractivity contribution >= 4 is 26.5 Å². The van der Waals surface area contributed by atoms with Gasteiger partial charge in [0.2, 0.25) is 15.2 Å². The smallest absolute Gasteiger partial charge is 0.243 e. The van der Waals surface area contributed by atoms with Crippen LogP contribution in [0.3, 0.4) is 0 Å². The summed E-state index contributed by atoms with van der Waals surface area (Å²) in [4.78, 5) is 2.24. The molecule has 6 nitrogen and oxygen atoms in total. The van der Waals surface area contributed by atoms with E-state index in [2.05, 4.69) is 15.1 Å². The summed E-state index contributed by atoms with van der Waals surface area (Å²) in [6.45, 7) is 1.94. The molecule has 146 valence electrons. The Balaban J connectivity index is 1.40. The number of aromatic nitrogens is 2. The molecule has 1 saturated heterocycles. The number of sulfonamides is 1. The zero-order valence-electron chi connectivity index (χ0n) is 15.1. The lowest BCUT2D eigenvalue weighted by molar-refractivity contribution is 0.384. The molecule has 0 unspecified atom stereocenters. The van der Waals surface area contributed by atoms with Crippen molar-refractivity contribution in [2.75, 3.05) is 31.1 Å². The summed E-state index contributed by atoms with van der Waals surface area (Å²) >= 11 is 1.65. The molecule has 1 aliphatic carbocycles. The number of hydrogen-bond acceptors (Lipinski definition) is 6. The fourth-order valence-corrected chi connectivity index (χ4v) is 6.23. The highest BCUT2D eigenvalue weighted by Crippen LogP contribution is 2.36. The summed E-state index contributed by atoms with van der Waals surface area (Å²) < 4.78 is 39.9. The van der Waals surface area contributed by atoms with Crippen molar-refractivity contribution < 1.29 is 12.8 Å². The number of rotatable bonds is 4. The van der Waals surface area contributed by atoms with E-state index in [0.29, 0.717) is 32.1 Å². The van der Waals surface area contributed by atoms with E-state index in [1.807, 2.05) is 0 Å². The van der Waals surface area contributed by atoms with Crippen LogP contribution in [0.1, 0.15) is 43.0 Å². The van der Waals surface area contributed by atoms with Gasteiger partial charge in [-0.05, 0) is 37.1 Å². The van der Waals surface area contributed by atoms with Crippen LogP contribution in [-0.4, -0.2) is 49.1 Å². The summed E-state index contributed by atoms with van der Waals surface area (Å²) in [5.74, 6) is 0.0916. The van der Waals surface area contributed by atoms with E-state index in [1.165, 1.54) is 60.7 Å². The normalized spacial score (nSPS) is 20.1. The molecule has 9 heteroatoms. The first-order chi connectivity index (χ1) is 13.0. The first kappa shape index (κ1) is 18.8. The maximum Gasteiger partial charge on any atom is 0.243 e. The van der Waals surface area contributed by atoms with Gasteiger partial charge < -0.3 is 4.90 Å². The van der Waals surface area contributed by atoms with E-state index in [1.54, 1.807) is 11.3 Å². The third-order valence-electron chi connectivity index (χ3n) is 5.34. The van der Waals surface area contributed by atoms with Crippen LogP contribution in [-0.2, 0) is 10.0 Å². The average molecular weight is 411 g/mol. The van der Waals surface area contributed by atoms with E-state index in [9.17, 15) is 12.8 Å². The lowest BCUT2D eigenvalue weighted by atomic mass is 9.90. The van der Waals surface area contributed by atoms with Crippen molar-refractivity contribution in [2.24, 2.45) is 0 Å². The zero-order chi connectivity index (χ0) is 18.9. The molecule has 1 aliphatic heterocycles. The summed E-state index contributed by atoms with van der Waals surface area (Å²) in [7, 11) is -3.59. The highest BCUT2D eigenvalue weighted by molar-refractivity contribution is 7.89. The third kappa shape index (κ3) is 4.00. The lowest BCUT2D eigenvalue weighted by Crippen LogP contribution is -2.48. The molecule has 2 aliphatic rings. The molecule has 0 amide bonds. The Kier molecular flexibility index (Phi) is 5.43. The Labute approximate surface area is 163 Å². The first-order valence-corrected chi connectivity index (χ1v) is 11.6. The molecular formula is C18H23FN4O2S2. The molecule has 0 radical (unpaired) electrons. The fraction of sp³-hybridized carbons (Fsp3) is 0.556. The van der Waals surface area contributed by atoms with Crippen molar-refractivity contribution in [1.29, 1.82) is 0 Å². The van der Waals surface area contributed by atoms with Gasteiger partial charge in [-0.2, -0.15) is 4.31 Å². The van der Waals surface area contributed by atoms with Gasteiger partial charge in [0.15, 0.2) is 0 Å². The van der Waals surface area contributed by atoms with Crippen LogP contribution < -0.4 is 4.90 Å². The van der Waals surface area contributed by atoms with Crippen molar-refractivity contribution in [3.8, 4) is 0 Å². The van der Waals surface area contributed by atoms with Gasteiger partial charge in [0.05, 0.1) is 4.90 Å². The van der Waals surface area contributed by atoms with Crippen molar-refractivity contribution in [1.82, 2.24) is 14.5 Å². The van der Waals surface area contributed by atoms with Crippen LogP contribution in [0.5, 0.6) is 0 Å². The molecule has 2 fully saturated rings. The molecule has 1 aromatic heterocycles. The number of nitrogens with zero attached hydrogens (tertiary/aromatic N) is 4. The second kappa shape index (κ2) is 7.81. The molecule has 0 atom stereocenters. The predicted octanol–water partition coefficient (Wildman–Crippen LogP) is 3.24. The van der Waals surface area contributed by atoms with E-state index in [-0.39, 0.29) is 4.90 Å². The van der Waals surface area contributed by atoms with E-state index in [0.717, 1.165) is 10.1 Å². The second-order valence-corrected chi connectivity index (χ2v) is 10.0. The minimum atomic E-state index is -3.59. The molecule has 0 bridgehead atoms. The van der Waals surface area contributed by atoms with E-state index in [4.69, 9.17) is 0 Å². The van der Waals surface area contributed by atoms with Gasteiger partial charge in [0.25, 0.3) is 0 Å². The molecule has 0 spiro atoms. The number of piperazine rings is 1. The average Bonchev–Trinajstić information content (AvgIpc) is 3.19. The van der Waals surface area contributed by atoms with Gasteiger partial charge in [-0.3, -0.25) is 0 Å². The number of halogens is 1. The van der Waals surface area contributed by atoms with Crippen LogP contribution in [0, 0.1) is 5.82 Å². The monoisotopic (exact) mass is 410 g/mol. The Morgan fingerprint density at radius 3 is 2.30 bits per heavy atom. The van der Waals surface area contributed by atoms with Gasteiger partial charge in [-0.15, -0.1) is 10.2 Å². The SMILES string of the molecule is O=S(=O)(c1ccc(F)cc1)N1CCN(c2nnc(C3CCCCC3)s2)CC1. The van der Waals surface area contributed by atoms with Gasteiger partial charge >= 0.3 is 0 Å². The maximum absolute atomic E-state index is 13.1. The van der Waals surface area contributed by atoms with Crippen LogP contribution in [0.15, 0.2) is 29.2 Å². The summed E-state index contributed by atoms with van der Waals surface area (Å²) in [6, 6.07) is 4.99. The van der Waals surface area contributed by atoms with Crippen LogP contribution >= 0.6 is 11.3 Å². The minimum absolute atomic E-state index is 0.132. The first-order valence-electron chi connectivity index (χ1n) is 9.38. The molecule has 0 N–H and O–H groups in total. The molecule has 2 heterocycles. The molecule has 1 aromatic carbocycles. The maximum atomic E-state index is 13.1. The molecule has 1 saturated carbocycles. The Hall–Kier alpha value is -1.58. The standard InChI is InChI=1S/C18H23FN4O2S2/c19-15-6-8-16(9-7-15)27(24,25)23-12-10-22(11-13-23)18-21-20-17(26-18)14-4-2-1-3-5-14/h6-9,14H,1-5,10-13H2. The summed E-state index contributed by atoms with van der Waals surface area (Å²) in [6.07, 6.45) is 6.22. The Bertz CT molecular complexity index is 871. The van der Waals surface area contributed by atoms with Crippen molar-refractivity contribution in [3.63, 3.8) is 0 Å². The number of anilines is 1. The minimum Gasteiger partial charge on any atom is -0.344 e. The quantitative estimate of drug-likeness (QED) is 0.774. The van der Waals surface area contributed by atoms with Gasteiger partial charge in [0.1, 0.15) is 10.8 Å². The molecule has 2 aromatic rings. The van der Waals surface area contributed by atoms with Crippen molar-refractivity contribution in [3.05, 3.63) is 35.1 Å². The topological polar surface area (TPSA) is 66.4 Å². The Morgan fingerprint density at radius 2 is 1.63 bits per heavy atom. The number of benzene rings is 1. The largest absolute Gasteiger partial charge is 0.344 e. The summed E-state index contributed by atoms with van der Waals surface area (Å²) in [5.41, 5.74) is 0. The fourth-order valence-electron chi connectivity index (χ4n) is 3.74. The highest BCUT2D eigenvalue weighted by atomic mass is 32.2. The van der Waals surface area contributed by atoms with Crippen LogP contribution in [0.4, 0.5) is 9.52 Å². The van der Waals surface area contributed by atoms with E-state index >= 15 is 0 Å². The third-order valence-corrected chi connectivity index (χ3v) is 8.40. The highest BCUT2D eigenvalue weighted by Gasteiger charge is 2.30. The molecule has 4 rings (SSSR count). The van der Waals surface area contributed by atoms with Gasteiger partial charge in [0, 0.05) is 32.1 Å². The number of hydrogen-bond donors (Lipinski definition) is 0.